The maximum atomic E-state index is 13.4. The lowest BCUT2D eigenvalue weighted by molar-refractivity contribution is 0.260. The molecule has 3 N–H and O–H groups in total. The second kappa shape index (κ2) is 11.1. The van der Waals surface area contributed by atoms with E-state index in [-0.39, 0.29) is 5.82 Å². The molecule has 1 aliphatic heterocycles. The summed E-state index contributed by atoms with van der Waals surface area (Å²) in [5, 5.41) is 0. The van der Waals surface area contributed by atoms with Crippen molar-refractivity contribution in [3.8, 4) is 28.3 Å². The molecule has 37 heavy (non-hydrogen) atoms. The van der Waals surface area contributed by atoms with Crippen molar-refractivity contribution in [3.63, 3.8) is 0 Å². The highest BCUT2D eigenvalue weighted by atomic mass is 19.1. The molecule has 0 atom stereocenters. The van der Waals surface area contributed by atoms with E-state index in [4.69, 9.17) is 10.5 Å². The zero-order valence-electron chi connectivity index (χ0n) is 20.8. The molecular formula is C30H30FN5O. The van der Waals surface area contributed by atoms with Gasteiger partial charge in [-0.1, -0.05) is 49.4 Å². The van der Waals surface area contributed by atoms with Crippen molar-refractivity contribution < 1.29 is 9.13 Å². The molecule has 0 unspecified atom stereocenters. The van der Waals surface area contributed by atoms with Gasteiger partial charge in [0, 0.05) is 30.1 Å². The molecule has 1 aromatic heterocycles. The van der Waals surface area contributed by atoms with E-state index in [2.05, 4.69) is 63.2 Å². The van der Waals surface area contributed by atoms with Crippen LogP contribution in [0.1, 0.15) is 24.5 Å². The van der Waals surface area contributed by atoms with Gasteiger partial charge in [-0.05, 0) is 59.4 Å². The largest absolute Gasteiger partial charge is 0.491 e. The standard InChI is InChI=1S/C30H30FN5O/c1-2-22(17-21-3-10-27(31)11-4-21)30(35-20-32)36-15-16-37-28-12-9-25(18-26(28)19-36)23-5-7-24(8-6-23)29-33-13-14-34-29/h3-14,18,20H,2,15-17,19H2,1H3,(H2,32,35)(H,33,34)/b30-22-. The Morgan fingerprint density at radius 3 is 2.54 bits per heavy atom. The average Bonchev–Trinajstić information content (AvgIpc) is 3.39. The van der Waals surface area contributed by atoms with Crippen molar-refractivity contribution in [2.24, 2.45) is 10.7 Å². The maximum absolute atomic E-state index is 13.4. The highest BCUT2D eigenvalue weighted by molar-refractivity contribution is 5.69. The van der Waals surface area contributed by atoms with Crippen LogP contribution < -0.4 is 10.5 Å². The van der Waals surface area contributed by atoms with Gasteiger partial charge in [-0.15, -0.1) is 0 Å². The smallest absolute Gasteiger partial charge is 0.137 e. The van der Waals surface area contributed by atoms with Crippen LogP contribution in [0.4, 0.5) is 4.39 Å². The first-order chi connectivity index (χ1) is 18.1. The molecule has 0 saturated carbocycles. The second-order valence-electron chi connectivity index (χ2n) is 8.97. The molecule has 3 aromatic carbocycles. The van der Waals surface area contributed by atoms with E-state index in [1.807, 2.05) is 24.4 Å². The number of ether oxygens (including phenoxy) is 1. The summed E-state index contributed by atoms with van der Waals surface area (Å²) >= 11 is 0. The average molecular weight is 496 g/mol. The van der Waals surface area contributed by atoms with Gasteiger partial charge in [0.15, 0.2) is 0 Å². The Morgan fingerprint density at radius 2 is 1.84 bits per heavy atom. The Morgan fingerprint density at radius 1 is 1.08 bits per heavy atom. The zero-order chi connectivity index (χ0) is 25.6. The number of allylic oxidation sites excluding steroid dienone is 1. The number of aromatic amines is 1. The van der Waals surface area contributed by atoms with Crippen molar-refractivity contribution in [1.29, 1.82) is 0 Å². The number of halogens is 1. The molecule has 2 heterocycles. The third kappa shape index (κ3) is 5.56. The molecular weight excluding hydrogens is 465 g/mol. The summed E-state index contributed by atoms with van der Waals surface area (Å²) < 4.78 is 19.5. The first-order valence-corrected chi connectivity index (χ1v) is 12.5. The molecule has 0 aliphatic carbocycles. The van der Waals surface area contributed by atoms with Gasteiger partial charge >= 0.3 is 0 Å². The Hall–Kier alpha value is -4.39. The maximum Gasteiger partial charge on any atom is 0.137 e. The van der Waals surface area contributed by atoms with Crippen molar-refractivity contribution in [1.82, 2.24) is 14.9 Å². The van der Waals surface area contributed by atoms with Crippen LogP contribution in [-0.2, 0) is 13.0 Å². The van der Waals surface area contributed by atoms with E-state index in [0.717, 1.165) is 57.2 Å². The fourth-order valence-corrected chi connectivity index (χ4v) is 4.68. The minimum atomic E-state index is -0.237. The fraction of sp³-hybridized carbons (Fsp3) is 0.200. The normalized spacial score (nSPS) is 14.2. The molecule has 1 aliphatic rings. The number of imidazole rings is 1. The molecule has 188 valence electrons. The Kier molecular flexibility index (Phi) is 7.31. The van der Waals surface area contributed by atoms with Gasteiger partial charge < -0.3 is 20.4 Å². The van der Waals surface area contributed by atoms with Crippen LogP contribution >= 0.6 is 0 Å². The van der Waals surface area contributed by atoms with Gasteiger partial charge in [0.1, 0.15) is 29.8 Å². The number of hydrogen-bond acceptors (Lipinski definition) is 4. The predicted molar refractivity (Wildman–Crippen MR) is 145 cm³/mol. The second-order valence-corrected chi connectivity index (χ2v) is 8.97. The Balaban J connectivity index is 1.43. The monoisotopic (exact) mass is 495 g/mol. The van der Waals surface area contributed by atoms with Gasteiger partial charge in [-0.2, -0.15) is 0 Å². The number of H-pyrrole nitrogens is 1. The summed E-state index contributed by atoms with van der Waals surface area (Å²) in [6.07, 6.45) is 6.40. The first-order valence-electron chi connectivity index (χ1n) is 12.5. The molecule has 5 rings (SSSR count). The minimum absolute atomic E-state index is 0.237. The van der Waals surface area contributed by atoms with E-state index in [1.54, 1.807) is 6.20 Å². The number of nitrogens with one attached hydrogen (secondary N) is 1. The molecule has 0 radical (unpaired) electrons. The number of aromatic nitrogens is 2. The number of aliphatic imine (C=N–C) groups is 1. The molecule has 4 aromatic rings. The summed E-state index contributed by atoms with van der Waals surface area (Å²) in [6, 6.07) is 21.3. The summed E-state index contributed by atoms with van der Waals surface area (Å²) in [5.74, 6) is 2.34. The fourth-order valence-electron chi connectivity index (χ4n) is 4.68. The first kappa shape index (κ1) is 24.3. The highest BCUT2D eigenvalue weighted by Crippen LogP contribution is 2.32. The summed E-state index contributed by atoms with van der Waals surface area (Å²) in [4.78, 5) is 14.3. The summed E-state index contributed by atoms with van der Waals surface area (Å²) in [5.41, 5.74) is 12.3. The van der Waals surface area contributed by atoms with Crippen LogP contribution in [0.3, 0.4) is 0 Å². The van der Waals surface area contributed by atoms with Crippen molar-refractivity contribution in [2.75, 3.05) is 13.2 Å². The lowest BCUT2D eigenvalue weighted by Gasteiger charge is -2.25. The van der Waals surface area contributed by atoms with Crippen molar-refractivity contribution >= 4 is 6.34 Å². The van der Waals surface area contributed by atoms with Crippen molar-refractivity contribution in [2.45, 2.75) is 26.3 Å². The van der Waals surface area contributed by atoms with Crippen LogP contribution in [0.2, 0.25) is 0 Å². The highest BCUT2D eigenvalue weighted by Gasteiger charge is 2.20. The van der Waals surface area contributed by atoms with Gasteiger partial charge in [-0.3, -0.25) is 0 Å². The van der Waals surface area contributed by atoms with Crippen LogP contribution in [0.5, 0.6) is 5.75 Å². The third-order valence-corrected chi connectivity index (χ3v) is 6.60. The molecule has 0 fully saturated rings. The molecule has 0 saturated heterocycles. The summed E-state index contributed by atoms with van der Waals surface area (Å²) in [6.45, 7) is 3.98. The van der Waals surface area contributed by atoms with Crippen LogP contribution in [0, 0.1) is 5.82 Å². The van der Waals surface area contributed by atoms with E-state index in [9.17, 15) is 4.39 Å². The number of benzene rings is 3. The van der Waals surface area contributed by atoms with Gasteiger partial charge in [0.05, 0.1) is 12.9 Å². The number of rotatable bonds is 7. The summed E-state index contributed by atoms with van der Waals surface area (Å²) in [7, 11) is 0. The number of nitrogens with zero attached hydrogens (tertiary/aromatic N) is 3. The molecule has 0 bridgehead atoms. The Labute approximate surface area is 216 Å². The molecule has 7 heteroatoms. The quantitative estimate of drug-likeness (QED) is 0.246. The minimum Gasteiger partial charge on any atom is -0.491 e. The molecule has 6 nitrogen and oxygen atoms in total. The van der Waals surface area contributed by atoms with Crippen LogP contribution in [-0.4, -0.2) is 34.4 Å². The number of hydrogen-bond donors (Lipinski definition) is 2. The van der Waals surface area contributed by atoms with E-state index < -0.39 is 0 Å². The van der Waals surface area contributed by atoms with E-state index >= 15 is 0 Å². The molecule has 0 amide bonds. The van der Waals surface area contributed by atoms with E-state index in [1.165, 1.54) is 18.5 Å². The van der Waals surface area contributed by atoms with Crippen LogP contribution in [0.25, 0.3) is 22.5 Å². The lowest BCUT2D eigenvalue weighted by atomic mass is 10.00. The van der Waals surface area contributed by atoms with Crippen molar-refractivity contribution in [3.05, 3.63) is 107 Å². The van der Waals surface area contributed by atoms with Gasteiger partial charge in [-0.25, -0.2) is 14.4 Å². The Bertz CT molecular complexity index is 1390. The lowest BCUT2D eigenvalue weighted by Crippen LogP contribution is -2.26. The SMILES string of the molecule is CC/C(Cc1ccc(F)cc1)=C(\N=C/N)N1CCOc2ccc(-c3ccc(-c4ncc[nH]4)cc3)cc2C1. The zero-order valence-corrected chi connectivity index (χ0v) is 20.8. The number of nitrogens with two attached hydrogens (primary N) is 1. The topological polar surface area (TPSA) is 79.5 Å². The van der Waals surface area contributed by atoms with E-state index in [0.29, 0.717) is 26.1 Å². The van der Waals surface area contributed by atoms with Gasteiger partial charge in [0.2, 0.25) is 0 Å². The number of fused-ring (bicyclic) bond motifs is 1. The predicted octanol–water partition coefficient (Wildman–Crippen LogP) is 5.93. The molecule has 0 spiro atoms. The van der Waals surface area contributed by atoms with Crippen LogP contribution in [0.15, 0.2) is 95.5 Å². The van der Waals surface area contributed by atoms with Gasteiger partial charge in [0.25, 0.3) is 0 Å². The third-order valence-electron chi connectivity index (χ3n) is 6.60.